The van der Waals surface area contributed by atoms with Gasteiger partial charge in [-0.05, 0) is 0 Å². The molecule has 0 aromatic heterocycles. The van der Waals surface area contributed by atoms with Gasteiger partial charge < -0.3 is 0 Å². The number of hydrogen-bond acceptors (Lipinski definition) is 3. The Morgan fingerprint density at radius 2 is 1.08 bits per heavy atom. The Morgan fingerprint density at radius 1 is 0.769 bits per heavy atom. The Kier molecular flexibility index (Phi) is 5.82. The second kappa shape index (κ2) is 5.53. The van der Waals surface area contributed by atoms with Crippen molar-refractivity contribution in [3.05, 3.63) is 0 Å². The van der Waals surface area contributed by atoms with E-state index in [1.165, 1.54) is 10.9 Å². The van der Waals surface area contributed by atoms with E-state index in [0.717, 1.165) is 0 Å². The summed E-state index contributed by atoms with van der Waals surface area (Å²) in [5.74, 6) is 0. The first kappa shape index (κ1) is 13.7. The predicted octanol–water partition coefficient (Wildman–Crippen LogP) is 1.02. The molecular formula is C9H25N3Sn. The zero-order valence-electron chi connectivity index (χ0n) is 10.3. The van der Waals surface area contributed by atoms with E-state index < -0.39 is 19.2 Å². The molecule has 0 aliphatic heterocycles. The maximum atomic E-state index is 2.48. The van der Waals surface area contributed by atoms with Crippen LogP contribution in [0.3, 0.4) is 0 Å². The van der Waals surface area contributed by atoms with E-state index in [1.54, 1.807) is 0 Å². The van der Waals surface area contributed by atoms with Gasteiger partial charge in [-0.2, -0.15) is 0 Å². The van der Waals surface area contributed by atoms with Gasteiger partial charge >= 0.3 is 88.6 Å². The molecule has 0 radical (unpaired) electrons. The monoisotopic (exact) mass is 295 g/mol. The number of rotatable bonds is 5. The number of nitrogens with zero attached hydrogens (tertiary/aromatic N) is 3. The van der Waals surface area contributed by atoms with Crippen molar-refractivity contribution in [2.45, 2.75) is 17.8 Å². The fourth-order valence-electron chi connectivity index (χ4n) is 2.21. The van der Waals surface area contributed by atoms with Crippen molar-refractivity contribution in [3.63, 3.8) is 0 Å². The third-order valence-electron chi connectivity index (χ3n) is 2.73. The molecule has 80 valence electrons. The van der Waals surface area contributed by atoms with Crippen LogP contribution >= 0.6 is 0 Å². The van der Waals surface area contributed by atoms with Crippen LogP contribution in [0.25, 0.3) is 0 Å². The predicted molar refractivity (Wildman–Crippen MR) is 61.9 cm³/mol. The topological polar surface area (TPSA) is 9.72 Å². The van der Waals surface area contributed by atoms with Gasteiger partial charge in [0.25, 0.3) is 0 Å². The molecule has 0 N–H and O–H groups in total. The van der Waals surface area contributed by atoms with Crippen LogP contribution in [0.2, 0.25) is 4.44 Å². The summed E-state index contributed by atoms with van der Waals surface area (Å²) in [6.07, 6.45) is 1.28. The summed E-state index contributed by atoms with van der Waals surface area (Å²) in [5.41, 5.74) is 0. The molecule has 0 aromatic rings. The van der Waals surface area contributed by atoms with Crippen LogP contribution in [0, 0.1) is 0 Å². The van der Waals surface area contributed by atoms with Crippen molar-refractivity contribution in [1.29, 1.82) is 0 Å². The Bertz CT molecular complexity index is 124. The van der Waals surface area contributed by atoms with Crippen LogP contribution in [0.15, 0.2) is 0 Å². The molecule has 0 bridgehead atoms. The molecule has 13 heavy (non-hydrogen) atoms. The van der Waals surface area contributed by atoms with E-state index in [4.69, 9.17) is 0 Å². The van der Waals surface area contributed by atoms with Crippen molar-refractivity contribution in [3.8, 4) is 0 Å². The van der Waals surface area contributed by atoms with Crippen molar-refractivity contribution < 1.29 is 0 Å². The zero-order valence-corrected chi connectivity index (χ0v) is 13.1. The normalized spacial score (nSPS) is 13.4. The second-order valence-corrected chi connectivity index (χ2v) is 17.7. The van der Waals surface area contributed by atoms with Crippen LogP contribution in [0.4, 0.5) is 0 Å². The molecule has 0 saturated heterocycles. The molecule has 0 aliphatic rings. The van der Waals surface area contributed by atoms with Crippen LogP contribution in [0.1, 0.15) is 13.3 Å². The maximum absolute atomic E-state index is 2.48. The minimum atomic E-state index is -2.34. The Hall–Kier alpha value is 0.679. The van der Waals surface area contributed by atoms with Crippen LogP contribution < -0.4 is 0 Å². The fraction of sp³-hybridized carbons (Fsp3) is 1.00. The van der Waals surface area contributed by atoms with Crippen LogP contribution in [0.5, 0.6) is 0 Å². The summed E-state index contributed by atoms with van der Waals surface area (Å²) in [6, 6.07) is 0. The number of hydrogen-bond donors (Lipinski definition) is 0. The molecule has 3 nitrogen and oxygen atoms in total. The van der Waals surface area contributed by atoms with E-state index in [2.05, 4.69) is 58.6 Å². The van der Waals surface area contributed by atoms with E-state index in [-0.39, 0.29) is 0 Å². The summed E-state index contributed by atoms with van der Waals surface area (Å²) in [5, 5.41) is 0. The van der Waals surface area contributed by atoms with Gasteiger partial charge in [-0.15, -0.1) is 0 Å². The third kappa shape index (κ3) is 2.81. The first-order valence-corrected chi connectivity index (χ1v) is 10.8. The molecular weight excluding hydrogens is 269 g/mol. The van der Waals surface area contributed by atoms with Crippen molar-refractivity contribution >= 4 is 19.2 Å². The zero-order chi connectivity index (χ0) is 10.6. The molecule has 0 unspecified atom stereocenters. The van der Waals surface area contributed by atoms with Gasteiger partial charge in [-0.3, -0.25) is 0 Å². The van der Waals surface area contributed by atoms with E-state index in [0.29, 0.717) is 0 Å². The summed E-state index contributed by atoms with van der Waals surface area (Å²) < 4.78 is 8.82. The average molecular weight is 294 g/mol. The molecule has 0 rings (SSSR count). The van der Waals surface area contributed by atoms with Gasteiger partial charge in [0.2, 0.25) is 0 Å². The molecule has 0 fully saturated rings. The van der Waals surface area contributed by atoms with Crippen LogP contribution in [-0.2, 0) is 0 Å². The molecule has 0 atom stereocenters. The molecule has 0 aromatic carbocycles. The Morgan fingerprint density at radius 3 is 1.15 bits per heavy atom. The molecule has 4 heteroatoms. The summed E-state index contributed by atoms with van der Waals surface area (Å²) in [6.45, 7) is 2.28. The van der Waals surface area contributed by atoms with Gasteiger partial charge in [-0.1, -0.05) is 0 Å². The summed E-state index contributed by atoms with van der Waals surface area (Å²) >= 11 is -2.34. The fourth-order valence-corrected chi connectivity index (χ4v) is 14.8. The Labute approximate surface area is 88.6 Å². The van der Waals surface area contributed by atoms with Crippen molar-refractivity contribution in [1.82, 2.24) is 9.36 Å². The van der Waals surface area contributed by atoms with Gasteiger partial charge in [0, 0.05) is 0 Å². The summed E-state index contributed by atoms with van der Waals surface area (Å²) in [4.78, 5) is 0. The standard InChI is InChI=1S/C3H7.3C2H6N.Sn/c4*1-3-2;/h1,3H2,2H3;3*1-2H3;/q;3*-1;+3. The molecule has 0 aliphatic carbocycles. The van der Waals surface area contributed by atoms with E-state index >= 15 is 0 Å². The van der Waals surface area contributed by atoms with E-state index in [9.17, 15) is 0 Å². The first-order valence-electron chi connectivity index (χ1n) is 4.91. The van der Waals surface area contributed by atoms with Crippen molar-refractivity contribution in [2.24, 2.45) is 0 Å². The summed E-state index contributed by atoms with van der Waals surface area (Å²) in [7, 11) is 13.4. The van der Waals surface area contributed by atoms with Gasteiger partial charge in [-0.25, -0.2) is 0 Å². The SMILES string of the molecule is CC[CH2][Sn]([N](C)C)([N](C)C)[N](C)C. The molecule has 0 spiro atoms. The molecule has 0 saturated carbocycles. The molecule has 0 amide bonds. The van der Waals surface area contributed by atoms with Gasteiger partial charge in [0.15, 0.2) is 0 Å². The molecule has 0 heterocycles. The van der Waals surface area contributed by atoms with Gasteiger partial charge in [0.1, 0.15) is 0 Å². The van der Waals surface area contributed by atoms with E-state index in [1.807, 2.05) is 0 Å². The second-order valence-electron chi connectivity index (χ2n) is 4.21. The Balaban J connectivity index is 4.82. The van der Waals surface area contributed by atoms with Gasteiger partial charge in [0.05, 0.1) is 0 Å². The third-order valence-corrected chi connectivity index (χ3v) is 18.3. The minimum absolute atomic E-state index is 1.28. The average Bonchev–Trinajstić information content (AvgIpc) is 1.97. The van der Waals surface area contributed by atoms with Crippen molar-refractivity contribution in [2.75, 3.05) is 42.3 Å². The quantitative estimate of drug-likeness (QED) is 0.701. The van der Waals surface area contributed by atoms with Crippen LogP contribution in [-0.4, -0.2) is 70.8 Å². The first-order chi connectivity index (χ1) is 5.89.